The second kappa shape index (κ2) is 8.10. The van der Waals surface area contributed by atoms with Crippen molar-refractivity contribution in [3.05, 3.63) is 34.0 Å². The highest BCUT2D eigenvalue weighted by Crippen LogP contribution is 2.29. The van der Waals surface area contributed by atoms with Crippen LogP contribution >= 0.6 is 11.3 Å². The minimum absolute atomic E-state index is 0.302. The van der Waals surface area contributed by atoms with Gasteiger partial charge in [-0.3, -0.25) is 9.69 Å². The molecule has 2 aliphatic rings. The molecule has 1 saturated heterocycles. The molecule has 1 fully saturated rings. The maximum atomic E-state index is 12.3. The van der Waals surface area contributed by atoms with Crippen molar-refractivity contribution < 1.29 is 4.79 Å². The average molecular weight is 388 g/mol. The predicted octanol–water partition coefficient (Wildman–Crippen LogP) is 3.11. The van der Waals surface area contributed by atoms with Crippen molar-refractivity contribution >= 4 is 17.2 Å². The Labute approximate surface area is 165 Å². The molecule has 146 valence electrons. The van der Waals surface area contributed by atoms with E-state index in [1.165, 1.54) is 4.88 Å². The molecule has 0 aromatic carbocycles. The van der Waals surface area contributed by atoms with Crippen molar-refractivity contribution in [3.8, 4) is 0 Å². The zero-order chi connectivity index (χ0) is 18.8. The minimum Gasteiger partial charge on any atom is -0.343 e. The van der Waals surface area contributed by atoms with Gasteiger partial charge in [0.25, 0.3) is 0 Å². The molecular formula is C20H29N5OS. The number of carbonyl (C=O) groups excluding carboxylic acids is 1. The second-order valence-corrected chi connectivity index (χ2v) is 9.20. The van der Waals surface area contributed by atoms with Crippen LogP contribution < -0.4 is 0 Å². The molecule has 2 aliphatic heterocycles. The quantitative estimate of drug-likeness (QED) is 0.791. The first kappa shape index (κ1) is 18.6. The lowest BCUT2D eigenvalue weighted by Crippen LogP contribution is -2.39. The van der Waals surface area contributed by atoms with E-state index in [0.717, 1.165) is 63.8 Å². The van der Waals surface area contributed by atoms with Gasteiger partial charge < -0.3 is 9.47 Å². The minimum atomic E-state index is 0.302. The van der Waals surface area contributed by atoms with E-state index in [0.29, 0.717) is 24.2 Å². The number of likely N-dealkylation sites (tertiary alicyclic amines) is 1. The van der Waals surface area contributed by atoms with E-state index < -0.39 is 0 Å². The lowest BCUT2D eigenvalue weighted by molar-refractivity contribution is -0.133. The van der Waals surface area contributed by atoms with Gasteiger partial charge in [-0.2, -0.15) is 0 Å². The summed E-state index contributed by atoms with van der Waals surface area (Å²) in [7, 11) is 0. The van der Waals surface area contributed by atoms with Crippen LogP contribution in [0.1, 0.15) is 55.6 Å². The third kappa shape index (κ3) is 4.24. The highest BCUT2D eigenvalue weighted by molar-refractivity contribution is 7.09. The maximum Gasteiger partial charge on any atom is 0.222 e. The molecule has 2 aromatic heterocycles. The Kier molecular flexibility index (Phi) is 5.59. The Hall–Kier alpha value is -1.73. The highest BCUT2D eigenvalue weighted by Gasteiger charge is 2.30. The fourth-order valence-corrected chi connectivity index (χ4v) is 4.90. The number of rotatable bonds is 5. The van der Waals surface area contributed by atoms with Gasteiger partial charge in [0, 0.05) is 49.9 Å². The van der Waals surface area contributed by atoms with Gasteiger partial charge in [-0.15, -0.1) is 21.5 Å². The molecule has 27 heavy (non-hydrogen) atoms. The lowest BCUT2D eigenvalue weighted by Gasteiger charge is -2.33. The number of thiophene rings is 1. The van der Waals surface area contributed by atoms with Crippen LogP contribution in [0.15, 0.2) is 17.5 Å². The van der Waals surface area contributed by atoms with Gasteiger partial charge in [-0.1, -0.05) is 19.9 Å². The van der Waals surface area contributed by atoms with E-state index in [2.05, 4.69) is 51.0 Å². The van der Waals surface area contributed by atoms with E-state index in [1.807, 2.05) is 16.2 Å². The van der Waals surface area contributed by atoms with Crippen LogP contribution in [0.4, 0.5) is 0 Å². The van der Waals surface area contributed by atoms with Crippen molar-refractivity contribution in [2.75, 3.05) is 19.6 Å². The first-order valence-corrected chi connectivity index (χ1v) is 10.9. The van der Waals surface area contributed by atoms with Gasteiger partial charge in [0.05, 0.1) is 6.54 Å². The SMILES string of the molecule is CC(C)CC(=O)N1CCC(c2nnc3n2CCN(Cc2cccs2)C3)CC1. The smallest absolute Gasteiger partial charge is 0.222 e. The van der Waals surface area contributed by atoms with Crippen LogP contribution in [-0.2, 0) is 24.4 Å². The molecule has 0 bridgehead atoms. The predicted molar refractivity (Wildman–Crippen MR) is 106 cm³/mol. The van der Waals surface area contributed by atoms with Gasteiger partial charge in [0.15, 0.2) is 0 Å². The fraction of sp³-hybridized carbons (Fsp3) is 0.650. The van der Waals surface area contributed by atoms with E-state index >= 15 is 0 Å². The average Bonchev–Trinajstić information content (AvgIpc) is 3.30. The number of aromatic nitrogens is 3. The third-order valence-electron chi connectivity index (χ3n) is 5.62. The fourth-order valence-electron chi connectivity index (χ4n) is 4.16. The molecule has 6 nitrogen and oxygen atoms in total. The summed E-state index contributed by atoms with van der Waals surface area (Å²) in [5.41, 5.74) is 0. The monoisotopic (exact) mass is 387 g/mol. The first-order valence-electron chi connectivity index (χ1n) is 10.0. The molecule has 0 N–H and O–H groups in total. The van der Waals surface area contributed by atoms with Crippen molar-refractivity contribution in [2.24, 2.45) is 5.92 Å². The van der Waals surface area contributed by atoms with Crippen LogP contribution in [-0.4, -0.2) is 50.1 Å². The van der Waals surface area contributed by atoms with E-state index in [9.17, 15) is 4.79 Å². The van der Waals surface area contributed by atoms with E-state index in [4.69, 9.17) is 0 Å². The number of hydrogen-bond donors (Lipinski definition) is 0. The van der Waals surface area contributed by atoms with Crippen molar-refractivity contribution in [3.63, 3.8) is 0 Å². The van der Waals surface area contributed by atoms with Gasteiger partial charge >= 0.3 is 0 Å². The summed E-state index contributed by atoms with van der Waals surface area (Å²) in [5, 5.41) is 11.2. The number of amides is 1. The summed E-state index contributed by atoms with van der Waals surface area (Å²) >= 11 is 1.82. The molecule has 1 amide bonds. The van der Waals surface area contributed by atoms with Gasteiger partial charge in [0.1, 0.15) is 11.6 Å². The van der Waals surface area contributed by atoms with Gasteiger partial charge in [-0.25, -0.2) is 0 Å². The standard InChI is InChI=1S/C20H29N5OS/c1-15(2)12-19(26)24-7-5-16(6-8-24)20-22-21-18-14-23(9-10-25(18)20)13-17-4-3-11-27-17/h3-4,11,15-16H,5-10,12-14H2,1-2H3. The highest BCUT2D eigenvalue weighted by atomic mass is 32.1. The molecule has 4 rings (SSSR count). The van der Waals surface area contributed by atoms with Crippen LogP contribution in [0.2, 0.25) is 0 Å². The molecule has 0 unspecified atom stereocenters. The topological polar surface area (TPSA) is 54.3 Å². The Morgan fingerprint density at radius 2 is 2.04 bits per heavy atom. The molecule has 0 radical (unpaired) electrons. The van der Waals surface area contributed by atoms with E-state index in [-0.39, 0.29) is 0 Å². The number of piperidine rings is 1. The third-order valence-corrected chi connectivity index (χ3v) is 6.48. The van der Waals surface area contributed by atoms with Crippen LogP contribution in [0.3, 0.4) is 0 Å². The summed E-state index contributed by atoms with van der Waals surface area (Å²) in [6.07, 6.45) is 2.66. The molecule has 0 saturated carbocycles. The van der Waals surface area contributed by atoms with E-state index in [1.54, 1.807) is 0 Å². The Morgan fingerprint density at radius 3 is 2.74 bits per heavy atom. The largest absolute Gasteiger partial charge is 0.343 e. The van der Waals surface area contributed by atoms with Crippen LogP contribution in [0.25, 0.3) is 0 Å². The van der Waals surface area contributed by atoms with Crippen molar-refractivity contribution in [1.82, 2.24) is 24.6 Å². The molecule has 0 atom stereocenters. The maximum absolute atomic E-state index is 12.3. The number of hydrogen-bond acceptors (Lipinski definition) is 5. The molecule has 2 aromatic rings. The zero-order valence-corrected chi connectivity index (χ0v) is 17.1. The molecule has 0 aliphatic carbocycles. The molecular weight excluding hydrogens is 358 g/mol. The summed E-state index contributed by atoms with van der Waals surface area (Å²) in [6, 6.07) is 4.31. The zero-order valence-electron chi connectivity index (χ0n) is 16.3. The molecule has 0 spiro atoms. The number of fused-ring (bicyclic) bond motifs is 1. The summed E-state index contributed by atoms with van der Waals surface area (Å²) in [6.45, 7) is 9.79. The van der Waals surface area contributed by atoms with Gasteiger partial charge in [-0.05, 0) is 30.2 Å². The number of nitrogens with zero attached hydrogens (tertiary/aromatic N) is 5. The first-order chi connectivity index (χ1) is 13.1. The van der Waals surface area contributed by atoms with Crippen LogP contribution in [0, 0.1) is 5.92 Å². The second-order valence-electron chi connectivity index (χ2n) is 8.17. The Morgan fingerprint density at radius 1 is 1.22 bits per heavy atom. The van der Waals surface area contributed by atoms with Crippen molar-refractivity contribution in [2.45, 2.75) is 58.7 Å². The summed E-state index contributed by atoms with van der Waals surface area (Å²) in [4.78, 5) is 18.2. The lowest BCUT2D eigenvalue weighted by atomic mass is 9.95. The summed E-state index contributed by atoms with van der Waals surface area (Å²) in [5.74, 6) is 3.38. The van der Waals surface area contributed by atoms with Crippen molar-refractivity contribution in [1.29, 1.82) is 0 Å². The Balaban J connectivity index is 1.35. The summed E-state index contributed by atoms with van der Waals surface area (Å²) < 4.78 is 2.33. The Bertz CT molecular complexity index is 761. The van der Waals surface area contributed by atoms with Crippen LogP contribution in [0.5, 0.6) is 0 Å². The molecule has 4 heterocycles. The number of carbonyl (C=O) groups is 1. The van der Waals surface area contributed by atoms with Gasteiger partial charge in [0.2, 0.25) is 5.91 Å². The normalized spacial score (nSPS) is 18.9. The molecule has 7 heteroatoms.